The number of nitrogens with zero attached hydrogens (tertiary/aromatic N) is 4. The zero-order valence-electron chi connectivity index (χ0n) is 18.5. The van der Waals surface area contributed by atoms with E-state index < -0.39 is 27.6 Å². The van der Waals surface area contributed by atoms with Crippen LogP contribution in [0.3, 0.4) is 0 Å². The van der Waals surface area contributed by atoms with Gasteiger partial charge in [0.15, 0.2) is 5.69 Å². The monoisotopic (exact) mass is 604 g/mol. The summed E-state index contributed by atoms with van der Waals surface area (Å²) in [6, 6.07) is 7.20. The van der Waals surface area contributed by atoms with Gasteiger partial charge in [0.2, 0.25) is 11.7 Å². The predicted octanol–water partition coefficient (Wildman–Crippen LogP) is 4.63. The van der Waals surface area contributed by atoms with Crippen LogP contribution in [0, 0.1) is 5.82 Å². The van der Waals surface area contributed by atoms with Crippen molar-refractivity contribution in [1.29, 1.82) is 0 Å². The van der Waals surface area contributed by atoms with Gasteiger partial charge in [-0.05, 0) is 75.1 Å². The summed E-state index contributed by atoms with van der Waals surface area (Å²) in [7, 11) is -4.13. The zero-order chi connectivity index (χ0) is 26.8. The molecule has 0 amide bonds. The van der Waals surface area contributed by atoms with Crippen molar-refractivity contribution in [1.82, 2.24) is 14.6 Å². The first-order valence-electron chi connectivity index (χ1n) is 10.4. The van der Waals surface area contributed by atoms with Crippen molar-refractivity contribution in [2.45, 2.75) is 17.5 Å². The third-order valence-corrected chi connectivity index (χ3v) is 7.71. The van der Waals surface area contributed by atoms with Gasteiger partial charge in [-0.2, -0.15) is 13.2 Å². The Bertz CT molecular complexity index is 1460. The van der Waals surface area contributed by atoms with Crippen LogP contribution in [-0.2, 0) is 16.2 Å². The molecule has 196 valence electrons. The van der Waals surface area contributed by atoms with E-state index in [2.05, 4.69) is 42.0 Å². The highest BCUT2D eigenvalue weighted by atomic mass is 79.9. The van der Waals surface area contributed by atoms with E-state index in [0.717, 1.165) is 16.4 Å². The van der Waals surface area contributed by atoms with Gasteiger partial charge in [0.05, 0.1) is 21.5 Å². The number of rotatable bonds is 7. The molecule has 0 atom stereocenters. The fourth-order valence-corrected chi connectivity index (χ4v) is 5.36. The molecule has 10 nitrogen and oxygen atoms in total. The van der Waals surface area contributed by atoms with Gasteiger partial charge in [-0.15, -0.1) is 0 Å². The number of amidine groups is 1. The van der Waals surface area contributed by atoms with Gasteiger partial charge < -0.3 is 15.8 Å². The molecular weight excluding hydrogens is 588 g/mol. The van der Waals surface area contributed by atoms with Crippen LogP contribution in [0.2, 0.25) is 0 Å². The minimum absolute atomic E-state index is 0.00107. The van der Waals surface area contributed by atoms with Crippen molar-refractivity contribution in [3.8, 4) is 0 Å². The second-order valence-electron chi connectivity index (χ2n) is 7.60. The number of nitrogens with one attached hydrogen (secondary N) is 2. The van der Waals surface area contributed by atoms with Crippen molar-refractivity contribution in [2.24, 2.45) is 5.16 Å². The maximum atomic E-state index is 13.5. The fraction of sp³-hybridized carbons (Fsp3) is 0.190. The van der Waals surface area contributed by atoms with Crippen LogP contribution < -0.4 is 10.6 Å². The third kappa shape index (κ3) is 5.69. The predicted molar refractivity (Wildman–Crippen MR) is 127 cm³/mol. The minimum atomic E-state index is -4.59. The Morgan fingerprint density at radius 3 is 2.57 bits per heavy atom. The van der Waals surface area contributed by atoms with Crippen molar-refractivity contribution in [3.05, 3.63) is 75.8 Å². The highest BCUT2D eigenvalue weighted by Gasteiger charge is 2.33. The van der Waals surface area contributed by atoms with Crippen LogP contribution in [-0.4, -0.2) is 47.2 Å². The Hall–Kier alpha value is -3.66. The Morgan fingerprint density at radius 2 is 1.92 bits per heavy atom. The summed E-state index contributed by atoms with van der Waals surface area (Å²) in [5, 5.41) is 25.6. The van der Waals surface area contributed by atoms with Crippen LogP contribution in [0.25, 0.3) is 0 Å². The highest BCUT2D eigenvalue weighted by molar-refractivity contribution is 9.10. The van der Waals surface area contributed by atoms with Crippen LogP contribution in [0.5, 0.6) is 0 Å². The Morgan fingerprint density at radius 1 is 1.19 bits per heavy atom. The zero-order valence-corrected chi connectivity index (χ0v) is 20.9. The van der Waals surface area contributed by atoms with Crippen LogP contribution in [0.15, 0.2) is 73.4 Å². The van der Waals surface area contributed by atoms with E-state index in [1.165, 1.54) is 18.2 Å². The van der Waals surface area contributed by atoms with Gasteiger partial charge in [0, 0.05) is 17.9 Å². The number of hydrogen-bond acceptors (Lipinski definition) is 8. The number of sulfonamides is 1. The summed E-state index contributed by atoms with van der Waals surface area (Å²) in [5.74, 6) is -0.697. The summed E-state index contributed by atoms with van der Waals surface area (Å²) < 4.78 is 84.1. The topological polar surface area (TPSA) is 133 Å². The average molecular weight is 605 g/mol. The van der Waals surface area contributed by atoms with Gasteiger partial charge in [-0.25, -0.2) is 17.4 Å². The molecule has 1 aliphatic heterocycles. The largest absolute Gasteiger partial charge is 0.416 e. The molecule has 2 heterocycles. The van der Waals surface area contributed by atoms with Crippen molar-refractivity contribution in [3.63, 3.8) is 0 Å². The highest BCUT2D eigenvalue weighted by Crippen LogP contribution is 2.31. The van der Waals surface area contributed by atoms with Gasteiger partial charge in [0.1, 0.15) is 5.82 Å². The molecule has 1 aromatic heterocycles. The lowest BCUT2D eigenvalue weighted by atomic mass is 10.2. The third-order valence-electron chi connectivity index (χ3n) is 5.23. The number of halogens is 5. The van der Waals surface area contributed by atoms with E-state index >= 15 is 0 Å². The molecule has 0 saturated carbocycles. The average Bonchev–Trinajstić information content (AvgIpc) is 3.53. The van der Waals surface area contributed by atoms with Gasteiger partial charge >= 0.3 is 6.18 Å². The fourth-order valence-electron chi connectivity index (χ4n) is 3.45. The van der Waals surface area contributed by atoms with Crippen LogP contribution in [0.1, 0.15) is 17.7 Å². The lowest BCUT2D eigenvalue weighted by Crippen LogP contribution is -2.31. The molecule has 4 rings (SSSR count). The molecular formula is C21H17BrF4N6O4S. The quantitative estimate of drug-likeness (QED) is 0.117. The first kappa shape index (κ1) is 26.4. The van der Waals surface area contributed by atoms with E-state index in [-0.39, 0.29) is 39.8 Å². The molecule has 16 heteroatoms. The van der Waals surface area contributed by atoms with Gasteiger partial charge in [-0.3, -0.25) is 4.31 Å². The van der Waals surface area contributed by atoms with E-state index in [9.17, 15) is 31.2 Å². The first-order chi connectivity index (χ1) is 17.5. The van der Waals surface area contributed by atoms with Crippen LogP contribution >= 0.6 is 15.9 Å². The molecule has 0 fully saturated rings. The van der Waals surface area contributed by atoms with Gasteiger partial charge in [-0.1, -0.05) is 11.2 Å². The summed E-state index contributed by atoms with van der Waals surface area (Å²) in [5.41, 5.74) is -0.355. The number of hydrogen-bond donors (Lipinski definition) is 3. The Kier molecular flexibility index (Phi) is 7.40. The molecule has 0 unspecified atom stereocenters. The summed E-state index contributed by atoms with van der Waals surface area (Å²) in [4.78, 5) is -0.290. The molecule has 3 aromatic rings. The second-order valence-corrected chi connectivity index (χ2v) is 10.3. The normalized spacial score (nSPS) is 14.6. The summed E-state index contributed by atoms with van der Waals surface area (Å²) in [6.45, 7) is 0.0104. The van der Waals surface area contributed by atoms with Gasteiger partial charge in [0.25, 0.3) is 10.0 Å². The molecule has 0 spiro atoms. The molecule has 0 bridgehead atoms. The summed E-state index contributed by atoms with van der Waals surface area (Å²) in [6.07, 6.45) is -2.56. The minimum Gasteiger partial charge on any atom is -0.409 e. The Labute approximate surface area is 215 Å². The van der Waals surface area contributed by atoms with Crippen LogP contribution in [0.4, 0.5) is 29.1 Å². The smallest absolute Gasteiger partial charge is 0.409 e. The number of anilines is 2. The molecule has 3 N–H and O–H groups in total. The van der Waals surface area contributed by atoms with E-state index in [4.69, 9.17) is 4.63 Å². The standard InChI is InChI=1S/C21H17BrF4N6O4S/c22-16-10-13(5-8-17(16)23)28-20(29-33)18-19(31-36-30-18)27-11-14-2-1-9-32(14)37(34,35)15-6-3-12(4-7-15)21(24,25)26/h2-8,10,33H,1,9,11H2,(H,27,31)(H,28,29). The lowest BCUT2D eigenvalue weighted by Gasteiger charge is -2.22. The first-order valence-corrected chi connectivity index (χ1v) is 12.6. The summed E-state index contributed by atoms with van der Waals surface area (Å²) >= 11 is 3.05. The molecule has 1 aliphatic rings. The number of alkyl halides is 3. The number of benzene rings is 2. The number of oxime groups is 1. The van der Waals surface area contributed by atoms with Crippen molar-refractivity contribution < 1.29 is 35.8 Å². The maximum absolute atomic E-state index is 13.5. The molecule has 0 saturated heterocycles. The lowest BCUT2D eigenvalue weighted by molar-refractivity contribution is -0.137. The van der Waals surface area contributed by atoms with Crippen molar-refractivity contribution in [2.75, 3.05) is 23.7 Å². The SMILES string of the molecule is O=S(=O)(c1ccc(C(F)(F)F)cc1)N1CCC=C1CNc1nonc1/C(=N/O)Nc1ccc(F)c(Br)c1. The number of aromatic nitrogens is 2. The van der Waals surface area contributed by atoms with E-state index in [0.29, 0.717) is 29.9 Å². The molecule has 37 heavy (non-hydrogen) atoms. The molecule has 0 aliphatic carbocycles. The Balaban J connectivity index is 1.48. The van der Waals surface area contributed by atoms with Crippen molar-refractivity contribution >= 4 is 43.3 Å². The molecule has 0 radical (unpaired) electrons. The molecule has 2 aromatic carbocycles. The van der Waals surface area contributed by atoms with E-state index in [1.54, 1.807) is 6.08 Å². The second kappa shape index (κ2) is 10.4. The van der Waals surface area contributed by atoms with E-state index in [1.807, 2.05) is 0 Å². The maximum Gasteiger partial charge on any atom is 0.416 e.